The number of fused-ring (bicyclic) bond motifs is 3. The highest BCUT2D eigenvalue weighted by Gasteiger charge is 2.63. The maximum absolute atomic E-state index is 6.67. The summed E-state index contributed by atoms with van der Waals surface area (Å²) in [6.45, 7) is 1.01. The second-order valence-corrected chi connectivity index (χ2v) is 9.85. The van der Waals surface area contributed by atoms with Gasteiger partial charge in [-0.2, -0.15) is 0 Å². The predicted octanol–water partition coefficient (Wildman–Crippen LogP) is 4.45. The molecule has 170 valence electrons. The Bertz CT molecular complexity index is 742. The fourth-order valence-electron chi connectivity index (χ4n) is 6.04. The van der Waals surface area contributed by atoms with Gasteiger partial charge in [-0.05, 0) is 31.2 Å². The van der Waals surface area contributed by atoms with E-state index in [0.717, 1.165) is 56.9 Å². The van der Waals surface area contributed by atoms with Crippen LogP contribution < -0.4 is 0 Å². The van der Waals surface area contributed by atoms with Crippen LogP contribution in [0.15, 0.2) is 30.3 Å². The molecule has 6 rings (SSSR count). The summed E-state index contributed by atoms with van der Waals surface area (Å²) >= 11 is 0. The molecule has 1 aromatic rings. The van der Waals surface area contributed by atoms with E-state index in [2.05, 4.69) is 12.1 Å². The predicted molar refractivity (Wildman–Crippen MR) is 112 cm³/mol. The van der Waals surface area contributed by atoms with Crippen LogP contribution >= 0.6 is 0 Å². The molecule has 0 amide bonds. The van der Waals surface area contributed by atoms with Crippen LogP contribution in [0.4, 0.5) is 0 Å². The van der Waals surface area contributed by atoms with Crippen molar-refractivity contribution >= 4 is 0 Å². The first-order chi connectivity index (χ1) is 15.2. The Morgan fingerprint density at radius 2 is 1.32 bits per heavy atom. The summed E-state index contributed by atoms with van der Waals surface area (Å²) in [4.78, 5) is 0. The second-order valence-electron chi connectivity index (χ2n) is 9.85. The molecule has 2 aliphatic carbocycles. The molecule has 6 nitrogen and oxygen atoms in total. The molecule has 3 aliphatic heterocycles. The topological polar surface area (TPSA) is 55.4 Å². The lowest BCUT2D eigenvalue weighted by atomic mass is 9.94. The number of ether oxygens (including phenoxy) is 6. The summed E-state index contributed by atoms with van der Waals surface area (Å²) in [5.41, 5.74) is 1.15. The first kappa shape index (κ1) is 20.6. The third kappa shape index (κ3) is 3.96. The van der Waals surface area contributed by atoms with E-state index in [1.807, 2.05) is 18.2 Å². The Hall–Kier alpha value is -1.02. The zero-order valence-corrected chi connectivity index (χ0v) is 18.2. The van der Waals surface area contributed by atoms with Crippen LogP contribution in [0.5, 0.6) is 0 Å². The van der Waals surface area contributed by atoms with Gasteiger partial charge < -0.3 is 28.4 Å². The van der Waals surface area contributed by atoms with Gasteiger partial charge in [0, 0.05) is 25.7 Å². The highest BCUT2D eigenvalue weighted by molar-refractivity contribution is 5.13. The van der Waals surface area contributed by atoms with E-state index in [0.29, 0.717) is 13.2 Å². The van der Waals surface area contributed by atoms with Crippen LogP contribution in [0.1, 0.15) is 69.8 Å². The summed E-state index contributed by atoms with van der Waals surface area (Å²) < 4.78 is 38.8. The molecule has 6 heteroatoms. The minimum absolute atomic E-state index is 0.163. The van der Waals surface area contributed by atoms with E-state index < -0.39 is 17.9 Å². The molecule has 5 aliphatic rings. The lowest BCUT2D eigenvalue weighted by Gasteiger charge is -2.37. The summed E-state index contributed by atoms with van der Waals surface area (Å²) in [7, 11) is 0. The summed E-state index contributed by atoms with van der Waals surface area (Å²) in [5.74, 6) is -1.00. The zero-order valence-electron chi connectivity index (χ0n) is 18.2. The third-order valence-corrected chi connectivity index (χ3v) is 7.60. The Morgan fingerprint density at radius 3 is 2.03 bits per heavy atom. The van der Waals surface area contributed by atoms with Gasteiger partial charge in [0.25, 0.3) is 0 Å². The highest BCUT2D eigenvalue weighted by atomic mass is 16.9. The van der Waals surface area contributed by atoms with E-state index in [9.17, 15) is 0 Å². The molecule has 5 fully saturated rings. The van der Waals surface area contributed by atoms with Crippen LogP contribution in [0.2, 0.25) is 0 Å². The molecule has 0 bridgehead atoms. The quantitative estimate of drug-likeness (QED) is 0.704. The van der Waals surface area contributed by atoms with Crippen molar-refractivity contribution in [2.75, 3.05) is 6.61 Å². The maximum atomic E-state index is 6.67. The minimum Gasteiger partial charge on any atom is -0.374 e. The van der Waals surface area contributed by atoms with Gasteiger partial charge in [-0.15, -0.1) is 0 Å². The second kappa shape index (κ2) is 8.40. The Labute approximate surface area is 184 Å². The van der Waals surface area contributed by atoms with Gasteiger partial charge >= 0.3 is 0 Å². The molecule has 0 unspecified atom stereocenters. The van der Waals surface area contributed by atoms with Gasteiger partial charge in [0.15, 0.2) is 17.9 Å². The number of hydrogen-bond donors (Lipinski definition) is 0. The molecule has 0 aromatic heterocycles. The van der Waals surface area contributed by atoms with Gasteiger partial charge in [0.2, 0.25) is 0 Å². The molecule has 0 N–H and O–H groups in total. The molecule has 31 heavy (non-hydrogen) atoms. The van der Waals surface area contributed by atoms with Crippen molar-refractivity contribution in [3.8, 4) is 0 Å². The monoisotopic (exact) mass is 430 g/mol. The van der Waals surface area contributed by atoms with Crippen LogP contribution in [0, 0.1) is 0 Å². The average molecular weight is 431 g/mol. The summed E-state index contributed by atoms with van der Waals surface area (Å²) in [6, 6.07) is 10.2. The fraction of sp³-hybridized carbons (Fsp3) is 0.760. The van der Waals surface area contributed by atoms with Gasteiger partial charge in [0.05, 0.1) is 13.2 Å². The first-order valence-electron chi connectivity index (χ1n) is 12.2. The summed E-state index contributed by atoms with van der Waals surface area (Å²) in [5, 5.41) is 0. The lowest BCUT2D eigenvalue weighted by Crippen LogP contribution is -2.56. The van der Waals surface area contributed by atoms with Gasteiger partial charge in [-0.25, -0.2) is 0 Å². The van der Waals surface area contributed by atoms with E-state index in [1.54, 1.807) is 0 Å². The van der Waals surface area contributed by atoms with Crippen molar-refractivity contribution in [1.29, 1.82) is 0 Å². The van der Waals surface area contributed by atoms with Crippen molar-refractivity contribution < 1.29 is 28.4 Å². The Morgan fingerprint density at radius 1 is 0.710 bits per heavy atom. The Balaban J connectivity index is 1.19. The smallest absolute Gasteiger partial charge is 0.190 e. The molecule has 2 saturated carbocycles. The number of rotatable bonds is 4. The zero-order chi connectivity index (χ0) is 20.7. The van der Waals surface area contributed by atoms with Gasteiger partial charge in [-0.1, -0.05) is 43.2 Å². The average Bonchev–Trinajstić information content (AvgIpc) is 3.34. The van der Waals surface area contributed by atoms with Crippen LogP contribution in [-0.2, 0) is 35.0 Å². The largest absolute Gasteiger partial charge is 0.374 e. The lowest BCUT2D eigenvalue weighted by molar-refractivity contribution is -0.256. The summed E-state index contributed by atoms with van der Waals surface area (Å²) in [6.07, 6.45) is 9.60. The maximum Gasteiger partial charge on any atom is 0.190 e. The van der Waals surface area contributed by atoms with Crippen LogP contribution in [0.3, 0.4) is 0 Å². The molecular weight excluding hydrogens is 396 g/mol. The highest BCUT2D eigenvalue weighted by Crippen LogP contribution is 2.50. The minimum atomic E-state index is -0.510. The van der Waals surface area contributed by atoms with Crippen molar-refractivity contribution in [2.45, 2.75) is 113 Å². The van der Waals surface area contributed by atoms with Gasteiger partial charge in [0.1, 0.15) is 24.4 Å². The normalized spacial score (nSPS) is 38.3. The van der Waals surface area contributed by atoms with E-state index >= 15 is 0 Å². The molecule has 3 saturated heterocycles. The van der Waals surface area contributed by atoms with Gasteiger partial charge in [-0.3, -0.25) is 0 Å². The van der Waals surface area contributed by atoms with Crippen molar-refractivity contribution in [2.24, 2.45) is 0 Å². The van der Waals surface area contributed by atoms with E-state index in [4.69, 9.17) is 28.4 Å². The number of hydrogen-bond acceptors (Lipinski definition) is 6. The van der Waals surface area contributed by atoms with Crippen molar-refractivity contribution in [3.63, 3.8) is 0 Å². The molecule has 5 atom stereocenters. The van der Waals surface area contributed by atoms with Crippen molar-refractivity contribution in [3.05, 3.63) is 35.9 Å². The molecule has 0 radical (unpaired) electrons. The van der Waals surface area contributed by atoms with E-state index in [1.165, 1.54) is 12.8 Å². The molecule has 3 heterocycles. The van der Waals surface area contributed by atoms with Crippen molar-refractivity contribution in [1.82, 2.24) is 0 Å². The Kier molecular flexibility index (Phi) is 5.57. The van der Waals surface area contributed by atoms with Crippen LogP contribution in [0.25, 0.3) is 0 Å². The SMILES string of the molecule is c1ccc(COC[C@H]2O[C@H]3OC4(CCCCC4)O[C@@H]3[C@H]3OC4(CCCCC4)O[C@@H]32)cc1. The first-order valence-corrected chi connectivity index (χ1v) is 12.2. The molecular formula is C25H34O6. The molecule has 1 aromatic carbocycles. The van der Waals surface area contributed by atoms with Crippen LogP contribution in [-0.4, -0.2) is 48.9 Å². The number of benzene rings is 1. The third-order valence-electron chi connectivity index (χ3n) is 7.60. The van der Waals surface area contributed by atoms with E-state index in [-0.39, 0.29) is 24.4 Å². The molecule has 2 spiro atoms. The standard InChI is InChI=1S/C25H34O6/c1-4-10-18(11-5-1)16-26-17-19-20-21(29-24(28-20)12-6-2-7-13-24)22-23(27-19)31-25(30-22)14-8-3-9-15-25/h1,4-5,10-11,19-23H,2-3,6-9,12-17H2/t19-,20-,21+,22-,23+/m1/s1. The fourth-order valence-corrected chi connectivity index (χ4v) is 6.04.